The van der Waals surface area contributed by atoms with Crippen LogP contribution in [0.3, 0.4) is 0 Å². The first-order valence-corrected chi connectivity index (χ1v) is 10.7. The Labute approximate surface area is 191 Å². The van der Waals surface area contributed by atoms with Crippen molar-refractivity contribution >= 4 is 40.9 Å². The molecule has 2 amide bonds. The van der Waals surface area contributed by atoms with Crippen LogP contribution in [0.5, 0.6) is 0 Å². The average molecular weight is 448 g/mol. The number of rotatable bonds is 4. The van der Waals surface area contributed by atoms with E-state index < -0.39 is 17.6 Å². The zero-order valence-corrected chi connectivity index (χ0v) is 18.8. The number of nitrogens with one attached hydrogen (secondary N) is 1. The van der Waals surface area contributed by atoms with Crippen LogP contribution in [0.2, 0.25) is 0 Å². The van der Waals surface area contributed by atoms with Gasteiger partial charge in [-0.2, -0.15) is 0 Å². The summed E-state index contributed by atoms with van der Waals surface area (Å²) in [6.45, 7) is 6.03. The summed E-state index contributed by atoms with van der Waals surface area (Å²) in [7, 11) is 0. The zero-order chi connectivity index (χ0) is 23.0. The molecule has 0 bridgehead atoms. The molecular weight excluding hydrogens is 425 g/mol. The predicted octanol–water partition coefficient (Wildman–Crippen LogP) is 4.63. The van der Waals surface area contributed by atoms with Gasteiger partial charge in [0, 0.05) is 17.1 Å². The molecular formula is C25H22FN3O2S. The van der Waals surface area contributed by atoms with Crippen LogP contribution in [0.15, 0.2) is 60.2 Å². The van der Waals surface area contributed by atoms with Gasteiger partial charge in [-0.15, -0.1) is 0 Å². The van der Waals surface area contributed by atoms with Crippen molar-refractivity contribution in [2.45, 2.75) is 27.2 Å². The van der Waals surface area contributed by atoms with Crippen LogP contribution in [0.1, 0.15) is 29.4 Å². The molecule has 1 fully saturated rings. The second-order valence-electron chi connectivity index (χ2n) is 7.62. The molecule has 1 N–H and O–H groups in total. The van der Waals surface area contributed by atoms with Gasteiger partial charge in [-0.3, -0.25) is 19.8 Å². The molecule has 1 aromatic heterocycles. The molecule has 1 aliphatic heterocycles. The second-order valence-corrected chi connectivity index (χ2v) is 8.00. The molecule has 7 heteroatoms. The van der Waals surface area contributed by atoms with E-state index in [1.807, 2.05) is 19.9 Å². The monoisotopic (exact) mass is 447 g/mol. The molecule has 162 valence electrons. The number of nitrogens with zero attached hydrogens (tertiary/aromatic N) is 2. The number of carbonyl (C=O) groups excluding carboxylic acids is 2. The van der Waals surface area contributed by atoms with Gasteiger partial charge >= 0.3 is 0 Å². The summed E-state index contributed by atoms with van der Waals surface area (Å²) in [6, 6.07) is 15.6. The topological polar surface area (TPSA) is 54.3 Å². The highest BCUT2D eigenvalue weighted by Crippen LogP contribution is 2.26. The number of anilines is 1. The van der Waals surface area contributed by atoms with Crippen LogP contribution in [-0.4, -0.2) is 21.5 Å². The SMILES string of the molecule is CCc1ccc(-n2c(C)cc(C=C3C(=O)NC(=S)N(c4ccc(F)cc4)C3=O)c2C)cc1. The van der Waals surface area contributed by atoms with Crippen molar-refractivity contribution in [1.29, 1.82) is 0 Å². The quantitative estimate of drug-likeness (QED) is 0.361. The summed E-state index contributed by atoms with van der Waals surface area (Å²) >= 11 is 5.20. The number of aromatic nitrogens is 1. The minimum atomic E-state index is -0.560. The first-order chi connectivity index (χ1) is 15.3. The third-order valence-electron chi connectivity index (χ3n) is 5.56. The van der Waals surface area contributed by atoms with Crippen molar-refractivity contribution < 1.29 is 14.0 Å². The molecule has 3 aromatic rings. The maximum Gasteiger partial charge on any atom is 0.270 e. The van der Waals surface area contributed by atoms with Crippen molar-refractivity contribution in [1.82, 2.24) is 9.88 Å². The van der Waals surface area contributed by atoms with Crippen LogP contribution in [-0.2, 0) is 16.0 Å². The highest BCUT2D eigenvalue weighted by Gasteiger charge is 2.34. The first-order valence-electron chi connectivity index (χ1n) is 10.3. The number of thiocarbonyl (C=S) groups is 1. The van der Waals surface area contributed by atoms with Crippen LogP contribution in [0.25, 0.3) is 11.8 Å². The van der Waals surface area contributed by atoms with Crippen molar-refractivity contribution in [3.05, 3.63) is 88.5 Å². The highest BCUT2D eigenvalue weighted by molar-refractivity contribution is 7.80. The van der Waals surface area contributed by atoms with Crippen LogP contribution in [0.4, 0.5) is 10.1 Å². The van der Waals surface area contributed by atoms with Crippen molar-refractivity contribution in [2.75, 3.05) is 4.90 Å². The van der Waals surface area contributed by atoms with Gasteiger partial charge in [0.25, 0.3) is 11.8 Å². The summed E-state index contributed by atoms with van der Waals surface area (Å²) in [4.78, 5) is 27.0. The van der Waals surface area contributed by atoms with E-state index in [1.165, 1.54) is 34.7 Å². The Hall–Kier alpha value is -3.58. The van der Waals surface area contributed by atoms with Gasteiger partial charge in [-0.05, 0) is 92.2 Å². The van der Waals surface area contributed by atoms with Gasteiger partial charge in [0.05, 0.1) is 5.69 Å². The number of hydrogen-bond donors (Lipinski definition) is 1. The van der Waals surface area contributed by atoms with E-state index in [9.17, 15) is 14.0 Å². The summed E-state index contributed by atoms with van der Waals surface area (Å²) in [5, 5.41) is 2.52. The molecule has 5 nitrogen and oxygen atoms in total. The minimum Gasteiger partial charge on any atom is -0.318 e. The van der Waals surface area contributed by atoms with Crippen molar-refractivity contribution in [2.24, 2.45) is 0 Å². The van der Waals surface area contributed by atoms with E-state index >= 15 is 0 Å². The standard InChI is InChI=1S/C25H22FN3O2S/c1-4-17-5-9-20(10-6-17)28-15(2)13-18(16(28)3)14-22-23(30)27-25(32)29(24(22)31)21-11-7-19(26)8-12-21/h5-14H,4H2,1-3H3,(H,27,30,32). The number of aryl methyl sites for hydroxylation is 2. The minimum absolute atomic E-state index is 0.0368. The molecule has 0 aliphatic carbocycles. The molecule has 4 rings (SSSR count). The summed E-state index contributed by atoms with van der Waals surface area (Å²) in [5.41, 5.74) is 5.25. The van der Waals surface area contributed by atoms with E-state index in [1.54, 1.807) is 6.08 Å². The third kappa shape index (κ3) is 3.87. The second kappa shape index (κ2) is 8.51. The lowest BCUT2D eigenvalue weighted by molar-refractivity contribution is -0.122. The number of carbonyl (C=O) groups is 2. The maximum absolute atomic E-state index is 13.3. The molecule has 0 saturated carbocycles. The van der Waals surface area contributed by atoms with Crippen LogP contribution >= 0.6 is 12.2 Å². The molecule has 1 saturated heterocycles. The normalized spacial score (nSPS) is 15.4. The Morgan fingerprint density at radius 3 is 2.25 bits per heavy atom. The lowest BCUT2D eigenvalue weighted by Gasteiger charge is -2.28. The number of benzene rings is 2. The Morgan fingerprint density at radius 1 is 1.00 bits per heavy atom. The Balaban J connectivity index is 1.73. The number of hydrogen-bond acceptors (Lipinski definition) is 3. The Kier molecular flexibility index (Phi) is 5.76. The average Bonchev–Trinajstić information content (AvgIpc) is 3.05. The van der Waals surface area contributed by atoms with E-state index in [2.05, 4.69) is 41.1 Å². The van der Waals surface area contributed by atoms with Crippen molar-refractivity contribution in [3.63, 3.8) is 0 Å². The molecule has 0 atom stereocenters. The zero-order valence-electron chi connectivity index (χ0n) is 18.0. The predicted molar refractivity (Wildman–Crippen MR) is 127 cm³/mol. The van der Waals surface area contributed by atoms with Gasteiger partial charge in [0.1, 0.15) is 11.4 Å². The van der Waals surface area contributed by atoms with Gasteiger partial charge < -0.3 is 4.57 Å². The number of halogens is 1. The molecule has 2 aromatic carbocycles. The van der Waals surface area contributed by atoms with Gasteiger partial charge in [-0.1, -0.05) is 19.1 Å². The molecule has 0 unspecified atom stereocenters. The molecule has 1 aliphatic rings. The highest BCUT2D eigenvalue weighted by atomic mass is 32.1. The van der Waals surface area contributed by atoms with Crippen LogP contribution in [0, 0.1) is 19.7 Å². The third-order valence-corrected chi connectivity index (χ3v) is 5.84. The summed E-state index contributed by atoms with van der Waals surface area (Å²) in [6.07, 6.45) is 2.54. The fourth-order valence-corrected chi connectivity index (χ4v) is 4.13. The smallest absolute Gasteiger partial charge is 0.270 e. The summed E-state index contributed by atoms with van der Waals surface area (Å²) in [5.74, 6) is -1.54. The fraction of sp³-hybridized carbons (Fsp3) is 0.160. The molecule has 0 radical (unpaired) electrons. The lowest BCUT2D eigenvalue weighted by atomic mass is 10.1. The Morgan fingerprint density at radius 2 is 1.62 bits per heavy atom. The van der Waals surface area contributed by atoms with Gasteiger partial charge in [-0.25, -0.2) is 4.39 Å². The van der Waals surface area contributed by atoms with Gasteiger partial charge in [0.15, 0.2) is 5.11 Å². The largest absolute Gasteiger partial charge is 0.318 e. The van der Waals surface area contributed by atoms with E-state index in [0.717, 1.165) is 29.1 Å². The molecule has 32 heavy (non-hydrogen) atoms. The summed E-state index contributed by atoms with van der Waals surface area (Å²) < 4.78 is 15.4. The van der Waals surface area contributed by atoms with Gasteiger partial charge in [0.2, 0.25) is 0 Å². The maximum atomic E-state index is 13.3. The lowest BCUT2D eigenvalue weighted by Crippen LogP contribution is -2.54. The van der Waals surface area contributed by atoms with E-state index in [-0.39, 0.29) is 10.7 Å². The Bertz CT molecular complexity index is 1260. The first kappa shape index (κ1) is 21.6. The van der Waals surface area contributed by atoms with Crippen LogP contribution < -0.4 is 10.2 Å². The number of amides is 2. The fourth-order valence-electron chi connectivity index (χ4n) is 3.85. The molecule has 0 spiro atoms. The molecule has 2 heterocycles. The van der Waals surface area contributed by atoms with Crippen molar-refractivity contribution in [3.8, 4) is 5.69 Å². The van der Waals surface area contributed by atoms with E-state index in [4.69, 9.17) is 12.2 Å². The van der Waals surface area contributed by atoms with E-state index in [0.29, 0.717) is 5.69 Å².